The molecule has 1 atom stereocenters. The van der Waals surface area contributed by atoms with Crippen LogP contribution in [0, 0.1) is 0 Å². The van der Waals surface area contributed by atoms with Crippen LogP contribution in [-0.2, 0) is 19.4 Å². The Kier molecular flexibility index (Phi) is 3.99. The van der Waals surface area contributed by atoms with Gasteiger partial charge in [-0.3, -0.25) is 0 Å². The van der Waals surface area contributed by atoms with E-state index in [-0.39, 0.29) is 4.90 Å². The fraction of sp³-hybridized carbons (Fsp3) is 0.400. The molecule has 0 amide bonds. The Morgan fingerprint density at radius 1 is 1.25 bits per heavy atom. The number of hydrogen-bond acceptors (Lipinski definition) is 4. The van der Waals surface area contributed by atoms with E-state index < -0.39 is 20.6 Å². The molecule has 1 aromatic carbocycles. The zero-order valence-electron chi connectivity index (χ0n) is 11.6. The van der Waals surface area contributed by atoms with E-state index in [4.69, 9.17) is 4.74 Å². The molecule has 0 saturated carbocycles. The predicted octanol–water partition coefficient (Wildman–Crippen LogP) is 2.50. The minimum atomic E-state index is -3.79. The number of carbonyl (C=O) groups is 1. The largest absolute Gasteiger partial charge is 0.467 e. The summed E-state index contributed by atoms with van der Waals surface area (Å²) < 4.78 is 28.6. The number of esters is 1. The van der Waals surface area contributed by atoms with Crippen LogP contribution in [0.4, 0.5) is 0 Å². The molecule has 0 aliphatic heterocycles. The van der Waals surface area contributed by atoms with Gasteiger partial charge in [0.05, 0.1) is 12.0 Å². The molecule has 0 spiro atoms. The molecule has 1 aliphatic carbocycles. The van der Waals surface area contributed by atoms with Crippen molar-refractivity contribution in [2.24, 2.45) is 0 Å². The lowest BCUT2D eigenvalue weighted by atomic mass is 10.1. The smallest absolute Gasteiger partial charge is 0.335 e. The molecule has 4 nitrogen and oxygen atoms in total. The van der Waals surface area contributed by atoms with Gasteiger partial charge in [0.2, 0.25) is 14.6 Å². The third kappa shape index (κ3) is 2.16. The van der Waals surface area contributed by atoms with Crippen LogP contribution in [0.3, 0.4) is 0 Å². The van der Waals surface area contributed by atoms with E-state index in [1.165, 1.54) is 25.3 Å². The number of methoxy groups -OCH3 is 1. The summed E-state index contributed by atoms with van der Waals surface area (Å²) in [5, 5.41) is 0. The molecule has 108 valence electrons. The quantitative estimate of drug-likeness (QED) is 0.597. The first-order valence-corrected chi connectivity index (χ1v) is 8.09. The Labute approximate surface area is 119 Å². The van der Waals surface area contributed by atoms with Gasteiger partial charge in [0.25, 0.3) is 0 Å². The summed E-state index contributed by atoms with van der Waals surface area (Å²) in [6, 6.07) is 8.04. The van der Waals surface area contributed by atoms with Crippen molar-refractivity contribution in [1.82, 2.24) is 0 Å². The van der Waals surface area contributed by atoms with E-state index in [0.29, 0.717) is 12.0 Å². The minimum Gasteiger partial charge on any atom is -0.467 e. The standard InChI is InChI=1S/C15H18O4S/c1-3-4-8-12-11-15(12,14(16)19-2)20(17,18)13-9-6-5-7-10-13/h5-7,9-11H,3-4,8H2,1-2H3. The molecule has 0 aromatic heterocycles. The monoisotopic (exact) mass is 294 g/mol. The van der Waals surface area contributed by atoms with E-state index in [1.54, 1.807) is 18.2 Å². The normalized spacial score (nSPS) is 21.2. The summed E-state index contributed by atoms with van der Waals surface area (Å²) >= 11 is 0. The first kappa shape index (κ1) is 14.8. The summed E-state index contributed by atoms with van der Waals surface area (Å²) in [6.07, 6.45) is 3.93. The highest BCUT2D eigenvalue weighted by atomic mass is 32.2. The molecule has 0 radical (unpaired) electrons. The van der Waals surface area contributed by atoms with Gasteiger partial charge in [0, 0.05) is 0 Å². The van der Waals surface area contributed by atoms with Crippen LogP contribution in [-0.4, -0.2) is 26.2 Å². The van der Waals surface area contributed by atoms with Gasteiger partial charge in [-0.2, -0.15) is 0 Å². The molecular formula is C15H18O4S. The van der Waals surface area contributed by atoms with Gasteiger partial charge in [-0.1, -0.05) is 31.5 Å². The third-order valence-electron chi connectivity index (χ3n) is 3.54. The van der Waals surface area contributed by atoms with Crippen LogP contribution in [0.15, 0.2) is 46.9 Å². The predicted molar refractivity (Wildman–Crippen MR) is 76.0 cm³/mol. The van der Waals surface area contributed by atoms with E-state index in [0.717, 1.165) is 12.8 Å². The molecule has 0 N–H and O–H groups in total. The molecule has 0 fully saturated rings. The van der Waals surface area contributed by atoms with Crippen LogP contribution >= 0.6 is 0 Å². The molecule has 1 aliphatic rings. The van der Waals surface area contributed by atoms with Crippen LogP contribution in [0.5, 0.6) is 0 Å². The van der Waals surface area contributed by atoms with E-state index >= 15 is 0 Å². The van der Waals surface area contributed by atoms with Crippen molar-refractivity contribution >= 4 is 15.8 Å². The van der Waals surface area contributed by atoms with Gasteiger partial charge in [-0.05, 0) is 36.6 Å². The van der Waals surface area contributed by atoms with Crippen molar-refractivity contribution < 1.29 is 17.9 Å². The second-order valence-corrected chi connectivity index (χ2v) is 6.94. The number of ether oxygens (including phenoxy) is 1. The molecule has 0 bridgehead atoms. The molecular weight excluding hydrogens is 276 g/mol. The van der Waals surface area contributed by atoms with Gasteiger partial charge >= 0.3 is 5.97 Å². The van der Waals surface area contributed by atoms with Crippen LogP contribution in [0.1, 0.15) is 26.2 Å². The molecule has 1 aromatic rings. The number of benzene rings is 1. The summed E-state index contributed by atoms with van der Waals surface area (Å²) in [5.74, 6) is -0.715. The summed E-state index contributed by atoms with van der Waals surface area (Å²) in [4.78, 5) is 12.2. The summed E-state index contributed by atoms with van der Waals surface area (Å²) in [6.45, 7) is 2.02. The number of sulfone groups is 1. The highest BCUT2D eigenvalue weighted by Gasteiger charge is 2.62. The van der Waals surface area contributed by atoms with Crippen LogP contribution in [0.2, 0.25) is 0 Å². The lowest BCUT2D eigenvalue weighted by Crippen LogP contribution is -2.37. The van der Waals surface area contributed by atoms with Crippen molar-refractivity contribution in [2.45, 2.75) is 35.8 Å². The topological polar surface area (TPSA) is 60.4 Å². The van der Waals surface area contributed by atoms with Gasteiger partial charge < -0.3 is 4.74 Å². The van der Waals surface area contributed by atoms with Crippen molar-refractivity contribution in [2.75, 3.05) is 7.11 Å². The van der Waals surface area contributed by atoms with Gasteiger partial charge in [0.15, 0.2) is 0 Å². The maximum Gasteiger partial charge on any atom is 0.335 e. The van der Waals surface area contributed by atoms with E-state index in [1.807, 2.05) is 6.92 Å². The molecule has 20 heavy (non-hydrogen) atoms. The zero-order chi connectivity index (χ0) is 14.8. The maximum absolute atomic E-state index is 12.7. The highest BCUT2D eigenvalue weighted by molar-refractivity contribution is 7.94. The molecule has 0 saturated heterocycles. The van der Waals surface area contributed by atoms with Crippen LogP contribution < -0.4 is 0 Å². The Hall–Kier alpha value is -1.62. The average molecular weight is 294 g/mol. The highest BCUT2D eigenvalue weighted by Crippen LogP contribution is 2.48. The maximum atomic E-state index is 12.7. The van der Waals surface area contributed by atoms with Crippen LogP contribution in [0.25, 0.3) is 0 Å². The minimum absolute atomic E-state index is 0.146. The number of carbonyl (C=O) groups excluding carboxylic acids is 1. The van der Waals surface area contributed by atoms with Crippen molar-refractivity contribution in [3.8, 4) is 0 Å². The van der Waals surface area contributed by atoms with Gasteiger partial charge in [-0.15, -0.1) is 0 Å². The average Bonchev–Trinajstić information content (AvgIpc) is 3.21. The van der Waals surface area contributed by atoms with Crippen molar-refractivity contribution in [1.29, 1.82) is 0 Å². The Morgan fingerprint density at radius 3 is 2.45 bits per heavy atom. The summed E-state index contributed by atoms with van der Waals surface area (Å²) in [7, 11) is -2.57. The SMILES string of the molecule is CCCCC1=CC1(C(=O)OC)S(=O)(=O)c1ccccc1. The Morgan fingerprint density at radius 2 is 1.90 bits per heavy atom. The number of unbranched alkanes of at least 4 members (excludes halogenated alkanes) is 1. The molecule has 1 unspecified atom stereocenters. The van der Waals surface area contributed by atoms with Gasteiger partial charge in [-0.25, -0.2) is 13.2 Å². The second-order valence-electron chi connectivity index (χ2n) is 4.82. The van der Waals surface area contributed by atoms with Crippen molar-refractivity contribution in [3.05, 3.63) is 42.0 Å². The van der Waals surface area contributed by atoms with E-state index in [9.17, 15) is 13.2 Å². The molecule has 0 heterocycles. The first-order chi connectivity index (χ1) is 9.50. The van der Waals surface area contributed by atoms with E-state index in [2.05, 4.69) is 0 Å². The van der Waals surface area contributed by atoms with Gasteiger partial charge in [0.1, 0.15) is 0 Å². The summed E-state index contributed by atoms with van der Waals surface area (Å²) in [5.41, 5.74) is 0.648. The number of rotatable bonds is 6. The molecule has 2 rings (SSSR count). The zero-order valence-corrected chi connectivity index (χ0v) is 12.4. The fourth-order valence-corrected chi connectivity index (χ4v) is 4.26. The third-order valence-corrected chi connectivity index (χ3v) is 5.82. The van der Waals surface area contributed by atoms with Crippen molar-refractivity contribution in [3.63, 3.8) is 0 Å². The Balaban J connectivity index is 2.38. The number of hydrogen-bond donors (Lipinski definition) is 0. The molecule has 5 heteroatoms. The Bertz CT molecular complexity index is 631. The lowest BCUT2D eigenvalue weighted by Gasteiger charge is -2.17. The second kappa shape index (κ2) is 5.40. The fourth-order valence-electron chi connectivity index (χ4n) is 2.32. The first-order valence-electron chi connectivity index (χ1n) is 6.61. The lowest BCUT2D eigenvalue weighted by molar-refractivity contribution is -0.140.